The summed E-state index contributed by atoms with van der Waals surface area (Å²) >= 11 is 0. The molecule has 1 aromatic heterocycles. The highest BCUT2D eigenvalue weighted by Crippen LogP contribution is 2.34. The summed E-state index contributed by atoms with van der Waals surface area (Å²) in [4.78, 5) is 5.32. The van der Waals surface area contributed by atoms with Crippen molar-refractivity contribution >= 4 is 10.8 Å². The molecule has 3 aromatic rings. The van der Waals surface area contributed by atoms with Crippen molar-refractivity contribution in [2.24, 2.45) is 0 Å². The molecular formula is C20H23N3O2S. The van der Waals surface area contributed by atoms with E-state index in [4.69, 9.17) is 0 Å². The van der Waals surface area contributed by atoms with E-state index >= 15 is 0 Å². The van der Waals surface area contributed by atoms with E-state index in [1.807, 2.05) is 54.6 Å². The van der Waals surface area contributed by atoms with Crippen LogP contribution in [0.1, 0.15) is 31.7 Å². The Morgan fingerprint density at radius 1 is 1.12 bits per heavy atom. The van der Waals surface area contributed by atoms with Crippen LogP contribution in [0, 0.1) is 0 Å². The van der Waals surface area contributed by atoms with Crippen molar-refractivity contribution in [3.05, 3.63) is 72.8 Å². The lowest BCUT2D eigenvalue weighted by atomic mass is 9.88. The average molecular weight is 369 g/mol. The van der Waals surface area contributed by atoms with E-state index in [9.17, 15) is 9.32 Å². The van der Waals surface area contributed by atoms with Gasteiger partial charge in [0.25, 0.3) is 0 Å². The van der Waals surface area contributed by atoms with Gasteiger partial charge in [-0.1, -0.05) is 56.2 Å². The molecule has 0 aliphatic carbocycles. The van der Waals surface area contributed by atoms with E-state index in [0.717, 1.165) is 17.7 Å². The molecule has 0 unspecified atom stereocenters. The quantitative estimate of drug-likeness (QED) is 0.660. The molecule has 3 rings (SSSR count). The van der Waals surface area contributed by atoms with Crippen LogP contribution in [0.25, 0.3) is 0 Å². The smallest absolute Gasteiger partial charge is 0.137 e. The number of hydrogen-bond acceptors (Lipinski definition) is 4. The van der Waals surface area contributed by atoms with Crippen molar-refractivity contribution in [2.45, 2.75) is 48.1 Å². The van der Waals surface area contributed by atoms with Crippen molar-refractivity contribution in [1.29, 1.82) is 0 Å². The molecular weight excluding hydrogens is 346 g/mol. The molecule has 26 heavy (non-hydrogen) atoms. The molecule has 0 fully saturated rings. The summed E-state index contributed by atoms with van der Waals surface area (Å²) in [7, 11) is -1.36. The molecule has 0 aliphatic heterocycles. The van der Waals surface area contributed by atoms with Crippen LogP contribution >= 0.6 is 0 Å². The molecule has 0 saturated heterocycles. The fraction of sp³-hybridized carbons (Fsp3) is 0.300. The summed E-state index contributed by atoms with van der Waals surface area (Å²) in [5.41, 5.74) is -0.476. The minimum absolute atomic E-state index is 0.274. The zero-order valence-electron chi connectivity index (χ0n) is 14.8. The van der Waals surface area contributed by atoms with Gasteiger partial charge in [0.05, 0.1) is 17.3 Å². The lowest BCUT2D eigenvalue weighted by Crippen LogP contribution is -2.33. The summed E-state index contributed by atoms with van der Waals surface area (Å²) < 4.78 is 14.8. The first-order chi connectivity index (χ1) is 12.6. The van der Waals surface area contributed by atoms with E-state index < -0.39 is 16.4 Å². The molecule has 1 N–H and O–H groups in total. The maximum absolute atomic E-state index is 13.2. The first-order valence-corrected chi connectivity index (χ1v) is 9.90. The van der Waals surface area contributed by atoms with Crippen molar-refractivity contribution in [3.8, 4) is 0 Å². The number of benzene rings is 2. The van der Waals surface area contributed by atoms with Gasteiger partial charge in [0.1, 0.15) is 18.3 Å². The Labute approximate surface area is 156 Å². The van der Waals surface area contributed by atoms with E-state index in [-0.39, 0.29) is 6.54 Å². The number of aromatic nitrogens is 3. The molecule has 0 radical (unpaired) electrons. The molecule has 0 amide bonds. The summed E-state index contributed by atoms with van der Waals surface area (Å²) in [5.74, 6) is 0. The van der Waals surface area contributed by atoms with Crippen LogP contribution in [-0.4, -0.2) is 24.1 Å². The van der Waals surface area contributed by atoms with Crippen LogP contribution in [0.5, 0.6) is 0 Å². The molecule has 5 nitrogen and oxygen atoms in total. The number of unbranched alkanes of at least 4 members (excludes halogenated alkanes) is 1. The summed E-state index contributed by atoms with van der Waals surface area (Å²) in [5, 5.41) is 15.7. The van der Waals surface area contributed by atoms with Gasteiger partial charge < -0.3 is 5.11 Å². The first-order valence-electron chi connectivity index (χ1n) is 8.75. The van der Waals surface area contributed by atoms with Gasteiger partial charge in [-0.2, -0.15) is 5.10 Å². The Balaban J connectivity index is 2.03. The number of nitrogens with zero attached hydrogens (tertiary/aromatic N) is 3. The fourth-order valence-corrected chi connectivity index (χ4v) is 4.35. The van der Waals surface area contributed by atoms with E-state index in [2.05, 4.69) is 17.0 Å². The van der Waals surface area contributed by atoms with Crippen LogP contribution < -0.4 is 0 Å². The summed E-state index contributed by atoms with van der Waals surface area (Å²) in [6.07, 6.45) is 5.43. The molecule has 6 heteroatoms. The first kappa shape index (κ1) is 18.5. The van der Waals surface area contributed by atoms with E-state index in [1.54, 1.807) is 11.0 Å². The number of hydrogen-bond donors (Lipinski definition) is 1. The molecule has 1 heterocycles. The second-order valence-corrected chi connectivity index (χ2v) is 7.75. The second-order valence-electron chi connectivity index (χ2n) is 6.31. The minimum atomic E-state index is -1.36. The van der Waals surface area contributed by atoms with Gasteiger partial charge in [-0.15, -0.1) is 0 Å². The molecule has 0 spiro atoms. The Morgan fingerprint density at radius 3 is 2.54 bits per heavy atom. The van der Waals surface area contributed by atoms with Gasteiger partial charge >= 0.3 is 0 Å². The van der Waals surface area contributed by atoms with E-state index in [1.165, 1.54) is 6.33 Å². The van der Waals surface area contributed by atoms with Gasteiger partial charge in [0, 0.05) is 15.4 Å². The topological polar surface area (TPSA) is 68.0 Å². The SMILES string of the molecule is CCCC[C@@](O)(Cn1cncn1)c1ccccc1[S@@](=O)c1ccccc1. The van der Waals surface area contributed by atoms with Crippen LogP contribution in [-0.2, 0) is 22.9 Å². The van der Waals surface area contributed by atoms with Gasteiger partial charge in [-0.3, -0.25) is 0 Å². The summed E-state index contributed by atoms with van der Waals surface area (Å²) in [6.45, 7) is 2.36. The van der Waals surface area contributed by atoms with Gasteiger partial charge in [0.15, 0.2) is 0 Å². The Kier molecular flexibility index (Phi) is 5.96. The van der Waals surface area contributed by atoms with Crippen molar-refractivity contribution in [1.82, 2.24) is 14.8 Å². The third-order valence-electron chi connectivity index (χ3n) is 4.38. The molecule has 0 saturated carbocycles. The number of aliphatic hydroxyl groups is 1. The average Bonchev–Trinajstić information content (AvgIpc) is 3.19. The standard InChI is InChI=1S/C20H23N3O2S/c1-2-3-13-20(24,14-23-16-21-15-22-23)18-11-7-8-12-19(18)26(25)17-9-5-4-6-10-17/h4-12,15-16,24H,2-3,13-14H2,1H3/t20-,26+/m1/s1. The Bertz CT molecular complexity index is 853. The molecule has 0 aliphatic rings. The minimum Gasteiger partial charge on any atom is -0.383 e. The monoisotopic (exact) mass is 369 g/mol. The predicted molar refractivity (Wildman–Crippen MR) is 101 cm³/mol. The zero-order valence-corrected chi connectivity index (χ0v) is 15.6. The van der Waals surface area contributed by atoms with Crippen molar-refractivity contribution in [2.75, 3.05) is 0 Å². The largest absolute Gasteiger partial charge is 0.383 e. The highest BCUT2D eigenvalue weighted by molar-refractivity contribution is 7.85. The Morgan fingerprint density at radius 2 is 1.85 bits per heavy atom. The normalized spacial score (nSPS) is 14.7. The fourth-order valence-electron chi connectivity index (χ4n) is 3.03. The van der Waals surface area contributed by atoms with Crippen molar-refractivity contribution in [3.63, 3.8) is 0 Å². The van der Waals surface area contributed by atoms with Crippen LogP contribution in [0.3, 0.4) is 0 Å². The van der Waals surface area contributed by atoms with Gasteiger partial charge in [0.2, 0.25) is 0 Å². The third kappa shape index (κ3) is 4.08. The van der Waals surface area contributed by atoms with Crippen LogP contribution in [0.4, 0.5) is 0 Å². The predicted octanol–water partition coefficient (Wildman–Crippen LogP) is 3.52. The zero-order chi connectivity index (χ0) is 18.4. The van der Waals surface area contributed by atoms with Crippen LogP contribution in [0.15, 0.2) is 77.0 Å². The van der Waals surface area contributed by atoms with Crippen LogP contribution in [0.2, 0.25) is 0 Å². The molecule has 2 atom stereocenters. The Hall–Kier alpha value is -2.31. The highest BCUT2D eigenvalue weighted by atomic mass is 32.2. The summed E-state index contributed by atoms with van der Waals surface area (Å²) in [6, 6.07) is 16.7. The molecule has 136 valence electrons. The third-order valence-corrected chi connectivity index (χ3v) is 5.84. The highest BCUT2D eigenvalue weighted by Gasteiger charge is 2.33. The van der Waals surface area contributed by atoms with E-state index in [0.29, 0.717) is 16.9 Å². The second kappa shape index (κ2) is 8.38. The number of rotatable bonds is 8. The van der Waals surface area contributed by atoms with Gasteiger partial charge in [-0.25, -0.2) is 13.9 Å². The molecule has 2 aromatic carbocycles. The van der Waals surface area contributed by atoms with Crippen molar-refractivity contribution < 1.29 is 9.32 Å². The lowest BCUT2D eigenvalue weighted by molar-refractivity contribution is 0.00165. The van der Waals surface area contributed by atoms with Gasteiger partial charge in [-0.05, 0) is 24.6 Å². The maximum atomic E-state index is 13.2. The molecule has 0 bridgehead atoms. The lowest BCUT2D eigenvalue weighted by Gasteiger charge is -2.30. The maximum Gasteiger partial charge on any atom is 0.137 e.